The normalized spacial score (nSPS) is 10.2. The first-order valence-corrected chi connectivity index (χ1v) is 6.26. The number of aryl methyl sites for hydroxylation is 1. The molecule has 0 aliphatic carbocycles. The molecule has 0 fully saturated rings. The van der Waals surface area contributed by atoms with E-state index in [1.807, 2.05) is 19.1 Å². The van der Waals surface area contributed by atoms with Gasteiger partial charge in [0.1, 0.15) is 0 Å². The van der Waals surface area contributed by atoms with Crippen molar-refractivity contribution >= 4 is 35.8 Å². The summed E-state index contributed by atoms with van der Waals surface area (Å²) in [7, 11) is 0. The standard InChI is InChI=1S/C14H12ClNOS/c1-9-3-2-4-12(15)13(9)16-14(17)10-5-7-11(18)8-6-10/h2-8,18H,1H3,(H,16,17). The fraction of sp³-hybridized carbons (Fsp3) is 0.0714. The van der Waals surface area contributed by atoms with E-state index in [1.54, 1.807) is 30.3 Å². The van der Waals surface area contributed by atoms with Crippen LogP contribution < -0.4 is 5.32 Å². The Bertz CT molecular complexity index is 561. The maximum Gasteiger partial charge on any atom is 0.255 e. The van der Waals surface area contributed by atoms with Gasteiger partial charge in [-0.25, -0.2) is 0 Å². The Hall–Kier alpha value is -1.45. The van der Waals surface area contributed by atoms with Gasteiger partial charge in [0.25, 0.3) is 5.91 Å². The highest BCUT2D eigenvalue weighted by atomic mass is 35.5. The van der Waals surface area contributed by atoms with E-state index in [1.165, 1.54) is 0 Å². The Morgan fingerprint density at radius 1 is 1.17 bits per heavy atom. The van der Waals surface area contributed by atoms with Gasteiger partial charge in [-0.2, -0.15) is 0 Å². The Morgan fingerprint density at radius 3 is 2.44 bits per heavy atom. The number of rotatable bonds is 2. The third kappa shape index (κ3) is 2.86. The quantitative estimate of drug-likeness (QED) is 0.792. The zero-order valence-electron chi connectivity index (χ0n) is 9.77. The van der Waals surface area contributed by atoms with E-state index in [0.29, 0.717) is 16.3 Å². The van der Waals surface area contributed by atoms with Crippen LogP contribution in [0.5, 0.6) is 0 Å². The van der Waals surface area contributed by atoms with Crippen molar-refractivity contribution < 1.29 is 4.79 Å². The molecule has 0 saturated carbocycles. The zero-order valence-corrected chi connectivity index (χ0v) is 11.4. The second-order valence-electron chi connectivity index (χ2n) is 3.93. The summed E-state index contributed by atoms with van der Waals surface area (Å²) in [5.74, 6) is -0.181. The van der Waals surface area contributed by atoms with Crippen molar-refractivity contribution in [2.24, 2.45) is 0 Å². The molecule has 1 N–H and O–H groups in total. The maximum absolute atomic E-state index is 12.0. The van der Waals surface area contributed by atoms with Gasteiger partial charge >= 0.3 is 0 Å². The molecule has 2 aromatic carbocycles. The van der Waals surface area contributed by atoms with Gasteiger partial charge in [-0.05, 0) is 42.8 Å². The predicted octanol–water partition coefficient (Wildman–Crippen LogP) is 4.19. The van der Waals surface area contributed by atoms with E-state index in [-0.39, 0.29) is 5.91 Å². The van der Waals surface area contributed by atoms with Gasteiger partial charge in [0.2, 0.25) is 0 Å². The van der Waals surface area contributed by atoms with Crippen LogP contribution in [0.3, 0.4) is 0 Å². The summed E-state index contributed by atoms with van der Waals surface area (Å²) in [5.41, 5.74) is 2.16. The molecule has 0 bridgehead atoms. The number of thiol groups is 1. The lowest BCUT2D eigenvalue weighted by atomic mass is 10.1. The van der Waals surface area contributed by atoms with Crippen molar-refractivity contribution in [1.82, 2.24) is 0 Å². The third-order valence-electron chi connectivity index (χ3n) is 2.59. The van der Waals surface area contributed by atoms with Crippen molar-refractivity contribution in [3.8, 4) is 0 Å². The summed E-state index contributed by atoms with van der Waals surface area (Å²) in [4.78, 5) is 12.9. The molecule has 18 heavy (non-hydrogen) atoms. The van der Waals surface area contributed by atoms with Crippen molar-refractivity contribution in [3.63, 3.8) is 0 Å². The number of carbonyl (C=O) groups excluding carboxylic acids is 1. The monoisotopic (exact) mass is 277 g/mol. The van der Waals surface area contributed by atoms with E-state index in [0.717, 1.165) is 10.5 Å². The number of halogens is 1. The van der Waals surface area contributed by atoms with Crippen LogP contribution in [0.2, 0.25) is 5.02 Å². The molecular formula is C14H12ClNOS. The molecule has 1 amide bonds. The number of hydrogen-bond acceptors (Lipinski definition) is 2. The van der Waals surface area contributed by atoms with E-state index < -0.39 is 0 Å². The molecule has 0 heterocycles. The van der Waals surface area contributed by atoms with Crippen LogP contribution in [-0.4, -0.2) is 5.91 Å². The Morgan fingerprint density at radius 2 is 1.83 bits per heavy atom. The number of benzene rings is 2. The van der Waals surface area contributed by atoms with Crippen LogP contribution in [0.1, 0.15) is 15.9 Å². The second kappa shape index (κ2) is 5.46. The summed E-state index contributed by atoms with van der Waals surface area (Å²) >= 11 is 10.2. The molecule has 0 saturated heterocycles. The lowest BCUT2D eigenvalue weighted by molar-refractivity contribution is 0.102. The second-order valence-corrected chi connectivity index (χ2v) is 4.86. The molecule has 0 aliphatic rings. The van der Waals surface area contributed by atoms with Crippen molar-refractivity contribution in [2.75, 3.05) is 5.32 Å². The fourth-order valence-corrected chi connectivity index (χ4v) is 2.01. The molecule has 0 aliphatic heterocycles. The fourth-order valence-electron chi connectivity index (χ4n) is 1.59. The molecule has 0 atom stereocenters. The van der Waals surface area contributed by atoms with Gasteiger partial charge in [0.05, 0.1) is 10.7 Å². The van der Waals surface area contributed by atoms with Crippen LogP contribution in [0.4, 0.5) is 5.69 Å². The van der Waals surface area contributed by atoms with E-state index in [9.17, 15) is 4.79 Å². The average Bonchev–Trinajstić information content (AvgIpc) is 2.34. The van der Waals surface area contributed by atoms with Crippen molar-refractivity contribution in [2.45, 2.75) is 11.8 Å². The number of carbonyl (C=O) groups is 1. The molecular weight excluding hydrogens is 266 g/mol. The molecule has 2 aromatic rings. The zero-order chi connectivity index (χ0) is 13.1. The Kier molecular flexibility index (Phi) is 3.94. The first kappa shape index (κ1) is 13.0. The van der Waals surface area contributed by atoms with E-state index in [2.05, 4.69) is 17.9 Å². The van der Waals surface area contributed by atoms with Gasteiger partial charge in [0.15, 0.2) is 0 Å². The van der Waals surface area contributed by atoms with Crippen LogP contribution in [0.25, 0.3) is 0 Å². The number of nitrogens with one attached hydrogen (secondary N) is 1. The van der Waals surface area contributed by atoms with Gasteiger partial charge in [-0.1, -0.05) is 23.7 Å². The molecule has 92 valence electrons. The average molecular weight is 278 g/mol. The SMILES string of the molecule is Cc1cccc(Cl)c1NC(=O)c1ccc(S)cc1. The van der Waals surface area contributed by atoms with Crippen LogP contribution in [0, 0.1) is 6.92 Å². The lowest BCUT2D eigenvalue weighted by Crippen LogP contribution is -2.12. The van der Waals surface area contributed by atoms with Gasteiger partial charge in [-0.15, -0.1) is 12.6 Å². The van der Waals surface area contributed by atoms with Gasteiger partial charge in [0, 0.05) is 10.5 Å². The highest BCUT2D eigenvalue weighted by Gasteiger charge is 2.09. The first-order valence-electron chi connectivity index (χ1n) is 5.43. The third-order valence-corrected chi connectivity index (χ3v) is 3.20. The summed E-state index contributed by atoms with van der Waals surface area (Å²) in [6.45, 7) is 1.90. The number of hydrogen-bond donors (Lipinski definition) is 2. The molecule has 0 radical (unpaired) electrons. The first-order chi connectivity index (χ1) is 8.58. The molecule has 0 spiro atoms. The van der Waals surface area contributed by atoms with Crippen LogP contribution in [0.15, 0.2) is 47.4 Å². The largest absolute Gasteiger partial charge is 0.320 e. The molecule has 0 aromatic heterocycles. The topological polar surface area (TPSA) is 29.1 Å². The molecule has 2 nitrogen and oxygen atoms in total. The van der Waals surface area contributed by atoms with E-state index in [4.69, 9.17) is 11.6 Å². The highest BCUT2D eigenvalue weighted by molar-refractivity contribution is 7.80. The number of para-hydroxylation sites is 1. The minimum atomic E-state index is -0.181. The number of anilines is 1. The van der Waals surface area contributed by atoms with Crippen molar-refractivity contribution in [3.05, 3.63) is 58.6 Å². The molecule has 0 unspecified atom stereocenters. The summed E-state index contributed by atoms with van der Waals surface area (Å²) < 4.78 is 0. The maximum atomic E-state index is 12.0. The lowest BCUT2D eigenvalue weighted by Gasteiger charge is -2.10. The minimum Gasteiger partial charge on any atom is -0.320 e. The minimum absolute atomic E-state index is 0.181. The summed E-state index contributed by atoms with van der Waals surface area (Å²) in [5, 5.41) is 3.35. The van der Waals surface area contributed by atoms with Crippen LogP contribution >= 0.6 is 24.2 Å². The van der Waals surface area contributed by atoms with Gasteiger partial charge in [-0.3, -0.25) is 4.79 Å². The Balaban J connectivity index is 2.24. The highest BCUT2D eigenvalue weighted by Crippen LogP contribution is 2.25. The predicted molar refractivity (Wildman–Crippen MR) is 77.8 cm³/mol. The van der Waals surface area contributed by atoms with E-state index >= 15 is 0 Å². The molecule has 2 rings (SSSR count). The van der Waals surface area contributed by atoms with Crippen molar-refractivity contribution in [1.29, 1.82) is 0 Å². The Labute approximate surface area is 116 Å². The summed E-state index contributed by atoms with van der Waals surface area (Å²) in [6, 6.07) is 12.5. The molecule has 4 heteroatoms. The van der Waals surface area contributed by atoms with Gasteiger partial charge < -0.3 is 5.32 Å². The van der Waals surface area contributed by atoms with Crippen LogP contribution in [-0.2, 0) is 0 Å². The smallest absolute Gasteiger partial charge is 0.255 e. The number of amides is 1. The summed E-state index contributed by atoms with van der Waals surface area (Å²) in [6.07, 6.45) is 0.